The number of rotatable bonds is 2. The van der Waals surface area contributed by atoms with E-state index in [2.05, 4.69) is 9.97 Å². The normalized spacial score (nSPS) is 18.4. The first-order valence-electron chi connectivity index (χ1n) is 4.90. The quantitative estimate of drug-likeness (QED) is 0.805. The number of thioether (sulfide) groups is 1. The summed E-state index contributed by atoms with van der Waals surface area (Å²) in [7, 11) is 0. The van der Waals surface area contributed by atoms with E-state index in [9.17, 15) is 0 Å². The molecule has 0 aliphatic carbocycles. The van der Waals surface area contributed by atoms with Gasteiger partial charge in [-0.3, -0.25) is 0 Å². The van der Waals surface area contributed by atoms with Crippen LogP contribution in [0.5, 0.6) is 0 Å². The molecule has 0 saturated carbocycles. The van der Waals surface area contributed by atoms with Gasteiger partial charge in [-0.15, -0.1) is 0 Å². The van der Waals surface area contributed by atoms with E-state index >= 15 is 0 Å². The highest BCUT2D eigenvalue weighted by Gasteiger charge is 2.18. The molecule has 2 rings (SSSR count). The summed E-state index contributed by atoms with van der Waals surface area (Å²) in [6.07, 6.45) is 4.08. The fourth-order valence-corrected chi connectivity index (χ4v) is 2.76. The minimum Gasteiger partial charge on any atom is -0.390 e. The van der Waals surface area contributed by atoms with Gasteiger partial charge in [-0.05, 0) is 30.4 Å². The first-order valence-corrected chi connectivity index (χ1v) is 6.06. The smallest absolute Gasteiger partial charge is 0.131 e. The molecule has 2 heterocycles. The van der Waals surface area contributed by atoms with E-state index in [1.807, 2.05) is 11.8 Å². The molecule has 14 heavy (non-hydrogen) atoms. The van der Waals surface area contributed by atoms with Gasteiger partial charge in [-0.2, -0.15) is 11.8 Å². The summed E-state index contributed by atoms with van der Waals surface area (Å²) < 4.78 is 0. The second-order valence-electron chi connectivity index (χ2n) is 3.45. The standard InChI is InChI=1S/C10H14N2OS/c13-7-9-1-4-11-10(12-9)8-2-5-14-6-3-8/h1,4,8,13H,2-3,5-7H2. The van der Waals surface area contributed by atoms with Crippen molar-refractivity contribution in [3.05, 3.63) is 23.8 Å². The van der Waals surface area contributed by atoms with E-state index in [1.54, 1.807) is 12.3 Å². The van der Waals surface area contributed by atoms with Crippen molar-refractivity contribution in [2.45, 2.75) is 25.4 Å². The van der Waals surface area contributed by atoms with Crippen LogP contribution in [0, 0.1) is 0 Å². The van der Waals surface area contributed by atoms with Gasteiger partial charge < -0.3 is 5.11 Å². The van der Waals surface area contributed by atoms with Crippen molar-refractivity contribution >= 4 is 11.8 Å². The zero-order chi connectivity index (χ0) is 9.80. The molecule has 0 unspecified atom stereocenters. The van der Waals surface area contributed by atoms with E-state index in [1.165, 1.54) is 24.3 Å². The molecule has 0 atom stereocenters. The molecule has 0 spiro atoms. The second kappa shape index (κ2) is 4.75. The Bertz CT molecular complexity index is 300. The van der Waals surface area contributed by atoms with E-state index in [0.29, 0.717) is 5.92 Å². The summed E-state index contributed by atoms with van der Waals surface area (Å²) in [6.45, 7) is 0.0109. The van der Waals surface area contributed by atoms with Gasteiger partial charge in [0, 0.05) is 12.1 Å². The zero-order valence-electron chi connectivity index (χ0n) is 8.02. The SMILES string of the molecule is OCc1ccnc(C2CCSCC2)n1. The fraction of sp³-hybridized carbons (Fsp3) is 0.600. The van der Waals surface area contributed by atoms with Crippen LogP contribution in [0.2, 0.25) is 0 Å². The van der Waals surface area contributed by atoms with E-state index in [-0.39, 0.29) is 6.61 Å². The molecule has 1 aromatic heterocycles. The molecule has 0 radical (unpaired) electrons. The lowest BCUT2D eigenvalue weighted by atomic mass is 10.0. The average molecular weight is 210 g/mol. The number of aliphatic hydroxyl groups excluding tert-OH is 1. The van der Waals surface area contributed by atoms with Crippen molar-refractivity contribution in [2.24, 2.45) is 0 Å². The summed E-state index contributed by atoms with van der Waals surface area (Å²) >= 11 is 2.00. The van der Waals surface area contributed by atoms with Crippen molar-refractivity contribution in [1.82, 2.24) is 9.97 Å². The van der Waals surface area contributed by atoms with Crippen molar-refractivity contribution in [3.63, 3.8) is 0 Å². The minimum absolute atomic E-state index is 0.0109. The van der Waals surface area contributed by atoms with Crippen LogP contribution in [0.1, 0.15) is 30.3 Å². The maximum atomic E-state index is 8.97. The van der Waals surface area contributed by atoms with Gasteiger partial charge in [0.1, 0.15) is 5.82 Å². The third-order valence-electron chi connectivity index (χ3n) is 2.48. The predicted molar refractivity (Wildman–Crippen MR) is 57.3 cm³/mol. The summed E-state index contributed by atoms with van der Waals surface area (Å²) in [5.41, 5.74) is 0.730. The molecular weight excluding hydrogens is 196 g/mol. The van der Waals surface area contributed by atoms with Gasteiger partial charge in [-0.25, -0.2) is 9.97 Å². The van der Waals surface area contributed by atoms with Gasteiger partial charge in [0.15, 0.2) is 0 Å². The Kier molecular flexibility index (Phi) is 3.37. The lowest BCUT2D eigenvalue weighted by Gasteiger charge is -2.19. The maximum absolute atomic E-state index is 8.97. The van der Waals surface area contributed by atoms with Gasteiger partial charge in [0.25, 0.3) is 0 Å². The molecule has 1 fully saturated rings. The highest BCUT2D eigenvalue weighted by Crippen LogP contribution is 2.29. The first kappa shape index (κ1) is 9.93. The number of aliphatic hydroxyl groups is 1. The Hall–Kier alpha value is -0.610. The average Bonchev–Trinajstić information content (AvgIpc) is 2.30. The first-order chi connectivity index (χ1) is 6.90. The third-order valence-corrected chi connectivity index (χ3v) is 3.53. The van der Waals surface area contributed by atoms with Crippen molar-refractivity contribution in [1.29, 1.82) is 0 Å². The van der Waals surface area contributed by atoms with E-state index in [4.69, 9.17) is 5.11 Å². The highest BCUT2D eigenvalue weighted by atomic mass is 32.2. The van der Waals surface area contributed by atoms with Crippen LogP contribution in [-0.4, -0.2) is 26.6 Å². The molecule has 4 heteroatoms. The number of hydrogen-bond acceptors (Lipinski definition) is 4. The zero-order valence-corrected chi connectivity index (χ0v) is 8.83. The number of hydrogen-bond donors (Lipinski definition) is 1. The summed E-state index contributed by atoms with van der Waals surface area (Å²) in [4.78, 5) is 8.62. The van der Waals surface area contributed by atoms with Crippen LogP contribution in [0.25, 0.3) is 0 Å². The fourth-order valence-electron chi connectivity index (χ4n) is 1.65. The number of nitrogens with zero attached hydrogens (tertiary/aromatic N) is 2. The Morgan fingerprint density at radius 1 is 1.43 bits per heavy atom. The van der Waals surface area contributed by atoms with Crippen LogP contribution in [-0.2, 0) is 6.61 Å². The van der Waals surface area contributed by atoms with Crippen molar-refractivity contribution in [3.8, 4) is 0 Å². The second-order valence-corrected chi connectivity index (χ2v) is 4.68. The third kappa shape index (κ3) is 2.25. The summed E-state index contributed by atoms with van der Waals surface area (Å²) in [5.74, 6) is 3.83. The van der Waals surface area contributed by atoms with Gasteiger partial charge in [0.2, 0.25) is 0 Å². The lowest BCUT2D eigenvalue weighted by Crippen LogP contribution is -2.12. The maximum Gasteiger partial charge on any atom is 0.131 e. The Morgan fingerprint density at radius 2 is 2.21 bits per heavy atom. The minimum atomic E-state index is 0.0109. The van der Waals surface area contributed by atoms with Gasteiger partial charge in [0.05, 0.1) is 12.3 Å². The molecule has 1 aliphatic heterocycles. The predicted octanol–water partition coefficient (Wildman–Crippen LogP) is 1.58. The molecule has 76 valence electrons. The molecule has 0 aromatic carbocycles. The van der Waals surface area contributed by atoms with Crippen LogP contribution < -0.4 is 0 Å². The molecule has 1 N–H and O–H groups in total. The van der Waals surface area contributed by atoms with Crippen LogP contribution in [0.15, 0.2) is 12.3 Å². The molecule has 0 amide bonds. The van der Waals surface area contributed by atoms with Gasteiger partial charge in [-0.1, -0.05) is 0 Å². The molecule has 1 aliphatic rings. The van der Waals surface area contributed by atoms with Crippen LogP contribution >= 0.6 is 11.8 Å². The molecule has 3 nitrogen and oxygen atoms in total. The summed E-state index contributed by atoms with van der Waals surface area (Å²) in [5, 5.41) is 8.97. The van der Waals surface area contributed by atoms with Crippen LogP contribution in [0.3, 0.4) is 0 Å². The monoisotopic (exact) mass is 210 g/mol. The van der Waals surface area contributed by atoms with E-state index < -0.39 is 0 Å². The van der Waals surface area contributed by atoms with E-state index in [0.717, 1.165) is 11.5 Å². The molecule has 1 aromatic rings. The Balaban J connectivity index is 2.13. The Labute approximate surface area is 88.0 Å². The molecule has 1 saturated heterocycles. The Morgan fingerprint density at radius 3 is 2.93 bits per heavy atom. The highest BCUT2D eigenvalue weighted by molar-refractivity contribution is 7.99. The number of aromatic nitrogens is 2. The van der Waals surface area contributed by atoms with Gasteiger partial charge >= 0.3 is 0 Å². The lowest BCUT2D eigenvalue weighted by molar-refractivity contribution is 0.276. The van der Waals surface area contributed by atoms with Crippen LogP contribution in [0.4, 0.5) is 0 Å². The molecular formula is C10H14N2OS. The van der Waals surface area contributed by atoms with Crippen molar-refractivity contribution < 1.29 is 5.11 Å². The van der Waals surface area contributed by atoms with Crippen molar-refractivity contribution in [2.75, 3.05) is 11.5 Å². The molecule has 0 bridgehead atoms. The largest absolute Gasteiger partial charge is 0.390 e. The topological polar surface area (TPSA) is 46.0 Å². The summed E-state index contributed by atoms with van der Waals surface area (Å²) in [6, 6.07) is 1.76.